The molecule has 0 saturated carbocycles. The van der Waals surface area contributed by atoms with Crippen LogP contribution < -0.4 is 28.6 Å². The zero-order valence-corrected chi connectivity index (χ0v) is 27.8. The van der Waals surface area contributed by atoms with Crippen LogP contribution in [0.2, 0.25) is 0 Å². The van der Waals surface area contributed by atoms with Gasteiger partial charge >= 0.3 is 0 Å². The molecular weight excluding hydrogens is 598 g/mol. The lowest BCUT2D eigenvalue weighted by Gasteiger charge is -2.34. The average Bonchev–Trinajstić information content (AvgIpc) is 3.05. The first kappa shape index (κ1) is 35.0. The topological polar surface area (TPSA) is 124 Å². The van der Waals surface area contributed by atoms with Gasteiger partial charge in [0.15, 0.2) is 11.5 Å². The minimum Gasteiger partial charge on any atom is -0.497 e. The van der Waals surface area contributed by atoms with E-state index in [1.807, 2.05) is 45.0 Å². The number of carbonyl (C=O) groups excluding carboxylic acids is 2. The van der Waals surface area contributed by atoms with Crippen molar-refractivity contribution < 1.29 is 37.0 Å². The number of aryl methyl sites for hydroxylation is 1. The van der Waals surface area contributed by atoms with Crippen LogP contribution in [-0.2, 0) is 26.2 Å². The molecule has 0 radical (unpaired) electrons. The van der Waals surface area contributed by atoms with Gasteiger partial charge in [0.05, 0.1) is 39.0 Å². The van der Waals surface area contributed by atoms with Gasteiger partial charge in [-0.2, -0.15) is 0 Å². The Hall–Kier alpha value is -4.45. The second kappa shape index (κ2) is 16.0. The summed E-state index contributed by atoms with van der Waals surface area (Å²) in [7, 11) is 1.28. The molecule has 0 fully saturated rings. The van der Waals surface area contributed by atoms with Crippen molar-refractivity contribution in [3.8, 4) is 23.0 Å². The summed E-state index contributed by atoms with van der Waals surface area (Å²) >= 11 is 0. The van der Waals surface area contributed by atoms with Gasteiger partial charge in [-0.15, -0.1) is 0 Å². The lowest BCUT2D eigenvalue weighted by atomic mass is 10.1. The van der Waals surface area contributed by atoms with E-state index in [2.05, 4.69) is 5.32 Å². The Morgan fingerprint density at radius 2 is 1.51 bits per heavy atom. The lowest BCUT2D eigenvalue weighted by molar-refractivity contribution is -0.140. The molecule has 12 heteroatoms. The van der Waals surface area contributed by atoms with E-state index in [1.165, 1.54) is 57.6 Å². The van der Waals surface area contributed by atoms with Crippen molar-refractivity contribution >= 4 is 27.5 Å². The molecule has 0 aromatic heterocycles. The second-order valence-corrected chi connectivity index (χ2v) is 12.1. The van der Waals surface area contributed by atoms with Crippen LogP contribution in [0.5, 0.6) is 23.0 Å². The quantitative estimate of drug-likeness (QED) is 0.242. The van der Waals surface area contributed by atoms with Crippen molar-refractivity contribution in [2.45, 2.75) is 51.1 Å². The molecule has 0 spiro atoms. The zero-order valence-electron chi connectivity index (χ0n) is 27.0. The van der Waals surface area contributed by atoms with Crippen LogP contribution in [0.15, 0.2) is 65.6 Å². The fraction of sp³-hybridized carbons (Fsp3) is 0.394. The summed E-state index contributed by atoms with van der Waals surface area (Å²) in [5, 5.41) is 2.89. The molecule has 3 rings (SSSR count). The van der Waals surface area contributed by atoms with Gasteiger partial charge in [-0.3, -0.25) is 13.9 Å². The highest BCUT2D eigenvalue weighted by molar-refractivity contribution is 7.92. The summed E-state index contributed by atoms with van der Waals surface area (Å²) in [4.78, 5) is 29.0. The highest BCUT2D eigenvalue weighted by Crippen LogP contribution is 2.38. The molecule has 1 atom stereocenters. The SMILES string of the molecule is CCCNC(=O)C(CC)N(Cc1ccccc1C)C(=O)CN(c1cc(OC)ccc1OC)S(=O)(=O)c1ccc(OC)c(OC)c1. The fourth-order valence-electron chi connectivity index (χ4n) is 4.87. The summed E-state index contributed by atoms with van der Waals surface area (Å²) in [6.45, 7) is 5.59. The first-order chi connectivity index (χ1) is 21.6. The standard InChI is InChI=1S/C33H43N3O8S/c1-8-18-34-33(38)27(9-2)35(21-24-13-11-10-12-23(24)3)32(37)22-36(28-19-25(41-4)14-16-29(28)42-5)45(39,40)26-15-17-30(43-6)31(20-26)44-7/h10-17,19-20,27H,8-9,18,21-22H2,1-7H3,(H,34,38). The number of methoxy groups -OCH3 is 4. The lowest BCUT2D eigenvalue weighted by Crippen LogP contribution is -2.52. The van der Waals surface area contributed by atoms with E-state index in [9.17, 15) is 18.0 Å². The van der Waals surface area contributed by atoms with Crippen LogP contribution in [-0.4, -0.2) is 72.7 Å². The van der Waals surface area contributed by atoms with Gasteiger partial charge in [-0.05, 0) is 55.2 Å². The summed E-state index contributed by atoms with van der Waals surface area (Å²) < 4.78 is 51.5. The highest BCUT2D eigenvalue weighted by Gasteiger charge is 2.35. The third-order valence-corrected chi connectivity index (χ3v) is 9.17. The van der Waals surface area contributed by atoms with Gasteiger partial charge in [0.25, 0.3) is 10.0 Å². The number of ether oxygens (including phenoxy) is 4. The minimum absolute atomic E-state index is 0.0827. The second-order valence-electron chi connectivity index (χ2n) is 10.2. The van der Waals surface area contributed by atoms with Crippen LogP contribution in [0.1, 0.15) is 37.8 Å². The third-order valence-electron chi connectivity index (χ3n) is 7.41. The van der Waals surface area contributed by atoms with Crippen molar-refractivity contribution in [1.29, 1.82) is 0 Å². The Morgan fingerprint density at radius 3 is 2.11 bits per heavy atom. The van der Waals surface area contributed by atoms with E-state index in [1.54, 1.807) is 12.1 Å². The number of rotatable bonds is 16. The molecule has 3 aromatic rings. The molecule has 1 N–H and O–H groups in total. The van der Waals surface area contributed by atoms with Crippen molar-refractivity contribution in [1.82, 2.24) is 10.2 Å². The molecule has 0 heterocycles. The number of hydrogen-bond acceptors (Lipinski definition) is 8. The van der Waals surface area contributed by atoms with Crippen molar-refractivity contribution in [2.24, 2.45) is 0 Å². The van der Waals surface area contributed by atoms with Crippen molar-refractivity contribution in [3.05, 3.63) is 71.8 Å². The Morgan fingerprint density at radius 1 is 0.844 bits per heavy atom. The molecule has 2 amide bonds. The van der Waals surface area contributed by atoms with Crippen LogP contribution in [0.4, 0.5) is 5.69 Å². The smallest absolute Gasteiger partial charge is 0.265 e. The van der Waals surface area contributed by atoms with Crippen LogP contribution in [0.25, 0.3) is 0 Å². The fourth-order valence-corrected chi connectivity index (χ4v) is 6.30. The molecule has 0 aliphatic rings. The molecule has 0 bridgehead atoms. The number of sulfonamides is 1. The molecular formula is C33H43N3O8S. The predicted octanol–water partition coefficient (Wildman–Crippen LogP) is 4.56. The number of amides is 2. The molecule has 244 valence electrons. The molecule has 11 nitrogen and oxygen atoms in total. The van der Waals surface area contributed by atoms with Gasteiger partial charge in [-0.1, -0.05) is 38.1 Å². The Bertz CT molecular complexity index is 1580. The largest absolute Gasteiger partial charge is 0.497 e. The number of anilines is 1. The summed E-state index contributed by atoms with van der Waals surface area (Å²) in [5.41, 5.74) is 1.85. The molecule has 0 aliphatic carbocycles. The predicted molar refractivity (Wildman–Crippen MR) is 173 cm³/mol. The van der Waals surface area contributed by atoms with Gasteiger partial charge < -0.3 is 29.2 Å². The average molecular weight is 642 g/mol. The van der Waals surface area contributed by atoms with E-state index < -0.39 is 28.5 Å². The van der Waals surface area contributed by atoms with Crippen LogP contribution in [0, 0.1) is 6.92 Å². The van der Waals surface area contributed by atoms with Crippen molar-refractivity contribution in [2.75, 3.05) is 45.8 Å². The number of hydrogen-bond donors (Lipinski definition) is 1. The first-order valence-electron chi connectivity index (χ1n) is 14.6. The summed E-state index contributed by atoms with van der Waals surface area (Å²) in [5.74, 6) is 0.201. The summed E-state index contributed by atoms with van der Waals surface area (Å²) in [6, 6.07) is 15.6. The molecule has 0 saturated heterocycles. The molecule has 1 unspecified atom stereocenters. The maximum absolute atomic E-state index is 14.4. The maximum Gasteiger partial charge on any atom is 0.265 e. The van der Waals surface area contributed by atoms with Crippen LogP contribution in [0.3, 0.4) is 0 Å². The number of nitrogens with one attached hydrogen (secondary N) is 1. The summed E-state index contributed by atoms with van der Waals surface area (Å²) in [6.07, 6.45) is 1.04. The van der Waals surface area contributed by atoms with Gasteiger partial charge in [0.1, 0.15) is 24.1 Å². The van der Waals surface area contributed by atoms with E-state index >= 15 is 0 Å². The third kappa shape index (κ3) is 8.18. The van der Waals surface area contributed by atoms with E-state index in [0.717, 1.165) is 21.9 Å². The monoisotopic (exact) mass is 641 g/mol. The number of carbonyl (C=O) groups is 2. The first-order valence-corrected chi connectivity index (χ1v) is 16.1. The molecule has 3 aromatic carbocycles. The number of benzene rings is 3. The normalized spacial score (nSPS) is 11.7. The highest BCUT2D eigenvalue weighted by atomic mass is 32.2. The zero-order chi connectivity index (χ0) is 33.1. The molecule has 45 heavy (non-hydrogen) atoms. The van der Waals surface area contributed by atoms with E-state index in [-0.39, 0.29) is 34.5 Å². The van der Waals surface area contributed by atoms with Gasteiger partial charge in [-0.25, -0.2) is 8.42 Å². The van der Waals surface area contributed by atoms with E-state index in [4.69, 9.17) is 18.9 Å². The minimum atomic E-state index is -4.43. The Labute approximate surface area is 266 Å². The van der Waals surface area contributed by atoms with Crippen molar-refractivity contribution in [3.63, 3.8) is 0 Å². The van der Waals surface area contributed by atoms with Gasteiger partial charge in [0.2, 0.25) is 11.8 Å². The van der Waals surface area contributed by atoms with E-state index in [0.29, 0.717) is 24.5 Å². The van der Waals surface area contributed by atoms with Gasteiger partial charge in [0, 0.05) is 25.2 Å². The molecule has 0 aliphatic heterocycles. The maximum atomic E-state index is 14.4. The van der Waals surface area contributed by atoms with Crippen LogP contribution >= 0.6 is 0 Å². The number of nitrogens with zero attached hydrogens (tertiary/aromatic N) is 2. The Kier molecular flexibility index (Phi) is 12.5. The Balaban J connectivity index is 2.20.